The summed E-state index contributed by atoms with van der Waals surface area (Å²) in [6, 6.07) is 2.60. The van der Waals surface area contributed by atoms with Crippen LogP contribution in [0.2, 0.25) is 0 Å². The summed E-state index contributed by atoms with van der Waals surface area (Å²) in [7, 11) is 0. The van der Waals surface area contributed by atoms with Crippen molar-refractivity contribution in [3.63, 3.8) is 0 Å². The molecule has 0 aromatic heterocycles. The second kappa shape index (κ2) is 5.78. The van der Waals surface area contributed by atoms with E-state index < -0.39 is 11.6 Å². The van der Waals surface area contributed by atoms with Crippen LogP contribution in [0.3, 0.4) is 0 Å². The molecule has 0 aliphatic rings. The minimum Gasteiger partial charge on any atom is -1.00 e. The Balaban J connectivity index is 0. The summed E-state index contributed by atoms with van der Waals surface area (Å²) in [5, 5.41) is 0. The van der Waals surface area contributed by atoms with E-state index in [-0.39, 0.29) is 45.6 Å². The Morgan fingerprint density at radius 1 is 1.25 bits per heavy atom. The van der Waals surface area contributed by atoms with Crippen LogP contribution < -0.4 is 17.0 Å². The SMILES string of the molecule is [Br-].[CH2-]c1c(F)ccc(C)c1F.[Mg+2]. The number of halogens is 3. The second-order valence-corrected chi connectivity index (χ2v) is 2.16. The topological polar surface area (TPSA) is 0 Å². The molecular formula is C8H7BrF2Mg. The molecule has 0 aliphatic heterocycles. The van der Waals surface area contributed by atoms with E-state index in [1.165, 1.54) is 12.1 Å². The van der Waals surface area contributed by atoms with E-state index >= 15 is 0 Å². The molecule has 0 amide bonds. The summed E-state index contributed by atoms with van der Waals surface area (Å²) in [4.78, 5) is 0. The van der Waals surface area contributed by atoms with E-state index in [2.05, 4.69) is 6.92 Å². The Morgan fingerprint density at radius 2 is 1.75 bits per heavy atom. The third-order valence-corrected chi connectivity index (χ3v) is 1.38. The van der Waals surface area contributed by atoms with Crippen LogP contribution in [-0.4, -0.2) is 23.1 Å². The first-order valence-electron chi connectivity index (χ1n) is 2.89. The second-order valence-electron chi connectivity index (χ2n) is 2.16. The van der Waals surface area contributed by atoms with Gasteiger partial charge < -0.3 is 17.0 Å². The quantitative estimate of drug-likeness (QED) is 0.410. The molecule has 0 unspecified atom stereocenters. The van der Waals surface area contributed by atoms with Gasteiger partial charge in [0.05, 0.1) is 0 Å². The molecule has 0 saturated heterocycles. The molecule has 0 bridgehead atoms. The summed E-state index contributed by atoms with van der Waals surface area (Å²) in [5.41, 5.74) is 0.270. The van der Waals surface area contributed by atoms with Gasteiger partial charge >= 0.3 is 23.1 Å². The van der Waals surface area contributed by atoms with Crippen molar-refractivity contribution < 1.29 is 25.8 Å². The van der Waals surface area contributed by atoms with Gasteiger partial charge in [0.2, 0.25) is 0 Å². The van der Waals surface area contributed by atoms with E-state index in [0.29, 0.717) is 5.56 Å². The maximum Gasteiger partial charge on any atom is 2.00 e. The van der Waals surface area contributed by atoms with Crippen LogP contribution in [0, 0.1) is 25.5 Å². The number of aryl methyl sites for hydroxylation is 1. The standard InChI is InChI=1S/C8H7F2.BrH.Mg/c1-5-3-4-7(9)6(2)8(5)10;;/h3-4H,2H2,1H3;1H;/q-1;;+2/p-1. The molecule has 0 atom stereocenters. The van der Waals surface area contributed by atoms with E-state index in [1.807, 2.05) is 0 Å². The Bertz CT molecular complexity index is 236. The van der Waals surface area contributed by atoms with Gasteiger partial charge in [0, 0.05) is 11.6 Å². The van der Waals surface area contributed by atoms with Crippen molar-refractivity contribution in [1.29, 1.82) is 0 Å². The largest absolute Gasteiger partial charge is 2.00 e. The first-order chi connectivity index (χ1) is 4.63. The molecule has 0 aliphatic carbocycles. The number of hydrogen-bond acceptors (Lipinski definition) is 0. The normalized spacial score (nSPS) is 8.25. The van der Waals surface area contributed by atoms with Crippen molar-refractivity contribution in [2.24, 2.45) is 0 Å². The van der Waals surface area contributed by atoms with Crippen LogP contribution in [-0.2, 0) is 0 Å². The van der Waals surface area contributed by atoms with Gasteiger partial charge in [-0.15, -0.1) is 5.56 Å². The zero-order chi connectivity index (χ0) is 7.72. The molecule has 1 aromatic rings. The molecule has 1 rings (SSSR count). The van der Waals surface area contributed by atoms with Crippen LogP contribution >= 0.6 is 0 Å². The summed E-state index contributed by atoms with van der Waals surface area (Å²) in [6.45, 7) is 4.80. The van der Waals surface area contributed by atoms with Crippen LogP contribution in [0.4, 0.5) is 8.78 Å². The predicted octanol–water partition coefficient (Wildman–Crippen LogP) is -0.921. The van der Waals surface area contributed by atoms with Gasteiger partial charge in [-0.2, -0.15) is 6.92 Å². The Morgan fingerprint density at radius 3 is 2.17 bits per heavy atom. The third-order valence-electron chi connectivity index (χ3n) is 1.38. The van der Waals surface area contributed by atoms with Crippen LogP contribution in [0.5, 0.6) is 0 Å². The predicted molar refractivity (Wildman–Crippen MR) is 41.3 cm³/mol. The van der Waals surface area contributed by atoms with E-state index in [9.17, 15) is 8.78 Å². The van der Waals surface area contributed by atoms with Gasteiger partial charge in [0.1, 0.15) is 0 Å². The van der Waals surface area contributed by atoms with Crippen molar-refractivity contribution in [1.82, 2.24) is 0 Å². The maximum absolute atomic E-state index is 12.7. The molecule has 12 heavy (non-hydrogen) atoms. The van der Waals surface area contributed by atoms with Crippen molar-refractivity contribution in [2.45, 2.75) is 6.92 Å². The monoisotopic (exact) mass is 244 g/mol. The first kappa shape index (κ1) is 14.7. The number of benzene rings is 1. The smallest absolute Gasteiger partial charge is 1.00 e. The Labute approximate surface area is 97.3 Å². The average Bonchev–Trinajstić information content (AvgIpc) is 1.93. The molecule has 62 valence electrons. The molecule has 0 fully saturated rings. The van der Waals surface area contributed by atoms with Crippen LogP contribution in [0.15, 0.2) is 12.1 Å². The molecule has 0 saturated carbocycles. The average molecular weight is 245 g/mol. The zero-order valence-corrected chi connectivity index (χ0v) is 9.70. The zero-order valence-electron chi connectivity index (χ0n) is 6.70. The Hall–Kier alpha value is 0.196. The number of rotatable bonds is 0. The molecular weight excluding hydrogens is 238 g/mol. The summed E-state index contributed by atoms with van der Waals surface area (Å²) in [5.74, 6) is -1.15. The van der Waals surface area contributed by atoms with Crippen molar-refractivity contribution in [2.75, 3.05) is 0 Å². The molecule has 1 aromatic carbocycles. The molecule has 0 nitrogen and oxygen atoms in total. The summed E-state index contributed by atoms with van der Waals surface area (Å²) in [6.07, 6.45) is 0. The number of hydrogen-bond donors (Lipinski definition) is 0. The first-order valence-corrected chi connectivity index (χ1v) is 2.89. The van der Waals surface area contributed by atoms with E-state index in [4.69, 9.17) is 0 Å². The molecule has 0 heterocycles. The summed E-state index contributed by atoms with van der Waals surface area (Å²) >= 11 is 0. The van der Waals surface area contributed by atoms with Crippen LogP contribution in [0.25, 0.3) is 0 Å². The Kier molecular flexibility index (Phi) is 7.08. The summed E-state index contributed by atoms with van der Waals surface area (Å²) < 4.78 is 25.1. The molecule has 0 radical (unpaired) electrons. The van der Waals surface area contributed by atoms with Crippen molar-refractivity contribution in [3.05, 3.63) is 41.8 Å². The third kappa shape index (κ3) is 2.92. The van der Waals surface area contributed by atoms with E-state index in [0.717, 1.165) is 0 Å². The fraction of sp³-hybridized carbons (Fsp3) is 0.125. The van der Waals surface area contributed by atoms with Gasteiger partial charge in [0.25, 0.3) is 0 Å². The van der Waals surface area contributed by atoms with E-state index in [1.54, 1.807) is 6.92 Å². The van der Waals surface area contributed by atoms with Gasteiger partial charge in [-0.25, -0.2) is 0 Å². The fourth-order valence-electron chi connectivity index (χ4n) is 0.715. The van der Waals surface area contributed by atoms with Gasteiger partial charge in [-0.05, 0) is 6.92 Å². The van der Waals surface area contributed by atoms with Gasteiger partial charge in [0.15, 0.2) is 0 Å². The van der Waals surface area contributed by atoms with Gasteiger partial charge in [-0.1, -0.05) is 17.7 Å². The van der Waals surface area contributed by atoms with Crippen molar-refractivity contribution >= 4 is 23.1 Å². The van der Waals surface area contributed by atoms with Crippen LogP contribution in [0.1, 0.15) is 11.1 Å². The molecule has 4 heteroatoms. The van der Waals surface area contributed by atoms with Gasteiger partial charge in [-0.3, -0.25) is 8.78 Å². The fourth-order valence-corrected chi connectivity index (χ4v) is 0.715. The maximum atomic E-state index is 12.7. The molecule has 0 spiro atoms. The molecule has 0 N–H and O–H groups in total. The van der Waals surface area contributed by atoms with Crippen molar-refractivity contribution in [3.8, 4) is 0 Å². The minimum atomic E-state index is -0.594. The minimum absolute atomic E-state index is 0.